The van der Waals surface area contributed by atoms with Gasteiger partial charge in [0.2, 0.25) is 0 Å². The first-order valence-electron chi connectivity index (χ1n) is 8.36. The fourth-order valence-corrected chi connectivity index (χ4v) is 3.39. The number of hydrogen-bond acceptors (Lipinski definition) is 3. The third-order valence-electron chi connectivity index (χ3n) is 3.87. The second-order valence-corrected chi connectivity index (χ2v) is 6.92. The highest BCUT2D eigenvalue weighted by Crippen LogP contribution is 2.15. The van der Waals surface area contributed by atoms with Crippen molar-refractivity contribution < 1.29 is 9.18 Å². The predicted octanol–water partition coefficient (Wildman–Crippen LogP) is 3.98. The minimum Gasteiger partial charge on any atom is -0.350 e. The van der Waals surface area contributed by atoms with E-state index in [0.29, 0.717) is 29.3 Å². The number of aromatic nitrogens is 2. The minimum absolute atomic E-state index is 0.189. The lowest BCUT2D eigenvalue weighted by molar-refractivity contribution is 0.0951. The van der Waals surface area contributed by atoms with Crippen LogP contribution in [0.25, 0.3) is 5.69 Å². The lowest BCUT2D eigenvalue weighted by Crippen LogP contribution is -2.26. The molecule has 4 nitrogen and oxygen atoms in total. The number of aryl methyl sites for hydroxylation is 1. The van der Waals surface area contributed by atoms with Crippen LogP contribution >= 0.6 is 11.8 Å². The molecule has 0 aliphatic heterocycles. The van der Waals surface area contributed by atoms with Gasteiger partial charge >= 0.3 is 0 Å². The van der Waals surface area contributed by atoms with E-state index >= 15 is 0 Å². The molecule has 26 heavy (non-hydrogen) atoms. The monoisotopic (exact) mass is 369 g/mol. The molecule has 0 spiro atoms. The Morgan fingerprint density at radius 2 is 1.88 bits per heavy atom. The van der Waals surface area contributed by atoms with E-state index in [9.17, 15) is 9.18 Å². The van der Waals surface area contributed by atoms with Crippen LogP contribution in [0, 0.1) is 12.7 Å². The standard InChI is InChI=1S/C20H20FN3OS/c1-15-13-19(23-24(15)17-8-3-2-4-9-17)20(25)22-11-12-26-14-16-7-5-6-10-18(16)21/h2-10,13H,11-12,14H2,1H3,(H,22,25). The van der Waals surface area contributed by atoms with Gasteiger partial charge in [-0.05, 0) is 36.8 Å². The summed E-state index contributed by atoms with van der Waals surface area (Å²) in [7, 11) is 0. The van der Waals surface area contributed by atoms with Crippen molar-refractivity contribution in [2.75, 3.05) is 12.3 Å². The van der Waals surface area contributed by atoms with Crippen molar-refractivity contribution >= 4 is 17.7 Å². The smallest absolute Gasteiger partial charge is 0.271 e. The van der Waals surface area contributed by atoms with E-state index in [1.807, 2.05) is 43.3 Å². The predicted molar refractivity (Wildman–Crippen MR) is 103 cm³/mol. The Morgan fingerprint density at radius 3 is 2.65 bits per heavy atom. The Balaban J connectivity index is 1.49. The summed E-state index contributed by atoms with van der Waals surface area (Å²) < 4.78 is 15.3. The van der Waals surface area contributed by atoms with Gasteiger partial charge in [-0.3, -0.25) is 4.79 Å². The van der Waals surface area contributed by atoms with E-state index < -0.39 is 0 Å². The molecule has 1 heterocycles. The van der Waals surface area contributed by atoms with E-state index in [1.54, 1.807) is 34.6 Å². The fraction of sp³-hybridized carbons (Fsp3) is 0.200. The second-order valence-electron chi connectivity index (χ2n) is 5.82. The molecule has 6 heteroatoms. The van der Waals surface area contributed by atoms with Crippen LogP contribution in [0.5, 0.6) is 0 Å². The van der Waals surface area contributed by atoms with Crippen LogP contribution in [0.15, 0.2) is 60.7 Å². The molecular weight excluding hydrogens is 349 g/mol. The maximum Gasteiger partial charge on any atom is 0.271 e. The summed E-state index contributed by atoms with van der Waals surface area (Å²) in [6, 6.07) is 18.2. The van der Waals surface area contributed by atoms with Crippen molar-refractivity contribution in [2.45, 2.75) is 12.7 Å². The number of carbonyl (C=O) groups is 1. The molecule has 2 aromatic carbocycles. The second kappa shape index (κ2) is 8.67. The van der Waals surface area contributed by atoms with E-state index in [2.05, 4.69) is 10.4 Å². The Morgan fingerprint density at radius 1 is 1.15 bits per heavy atom. The molecule has 0 radical (unpaired) electrons. The van der Waals surface area contributed by atoms with Crippen LogP contribution in [0.4, 0.5) is 4.39 Å². The average molecular weight is 369 g/mol. The maximum atomic E-state index is 13.5. The largest absolute Gasteiger partial charge is 0.350 e. The molecule has 0 bridgehead atoms. The number of rotatable bonds is 7. The third-order valence-corrected chi connectivity index (χ3v) is 4.88. The van der Waals surface area contributed by atoms with Crippen LogP contribution in [0.1, 0.15) is 21.7 Å². The summed E-state index contributed by atoms with van der Waals surface area (Å²) >= 11 is 1.58. The van der Waals surface area contributed by atoms with Crippen molar-refractivity contribution in [3.8, 4) is 5.69 Å². The molecule has 3 aromatic rings. The van der Waals surface area contributed by atoms with Crippen LogP contribution in [-0.4, -0.2) is 28.0 Å². The first kappa shape index (κ1) is 18.2. The van der Waals surface area contributed by atoms with Gasteiger partial charge < -0.3 is 5.32 Å². The van der Waals surface area contributed by atoms with Crippen LogP contribution < -0.4 is 5.32 Å². The van der Waals surface area contributed by atoms with Gasteiger partial charge in [-0.15, -0.1) is 0 Å². The summed E-state index contributed by atoms with van der Waals surface area (Å²) in [5.74, 6) is 0.906. The van der Waals surface area contributed by atoms with Gasteiger partial charge in [-0.2, -0.15) is 16.9 Å². The van der Waals surface area contributed by atoms with Gasteiger partial charge in [-0.1, -0.05) is 36.4 Å². The molecule has 0 unspecified atom stereocenters. The van der Waals surface area contributed by atoms with Crippen molar-refractivity contribution in [1.29, 1.82) is 0 Å². The summed E-state index contributed by atoms with van der Waals surface area (Å²) in [5, 5.41) is 7.25. The van der Waals surface area contributed by atoms with Crippen LogP contribution in [0.2, 0.25) is 0 Å². The van der Waals surface area contributed by atoms with Crippen molar-refractivity contribution in [3.05, 3.63) is 83.4 Å². The highest BCUT2D eigenvalue weighted by Gasteiger charge is 2.12. The molecule has 0 saturated carbocycles. The zero-order valence-electron chi connectivity index (χ0n) is 14.5. The van der Waals surface area contributed by atoms with Crippen molar-refractivity contribution in [2.24, 2.45) is 0 Å². The topological polar surface area (TPSA) is 46.9 Å². The SMILES string of the molecule is Cc1cc(C(=O)NCCSCc2ccccc2F)nn1-c1ccccc1. The van der Waals surface area contributed by atoms with E-state index in [1.165, 1.54) is 6.07 Å². The Labute approximate surface area is 156 Å². The van der Waals surface area contributed by atoms with Crippen LogP contribution in [-0.2, 0) is 5.75 Å². The maximum absolute atomic E-state index is 13.5. The number of nitrogens with zero attached hydrogens (tertiary/aromatic N) is 2. The van der Waals surface area contributed by atoms with Gasteiger partial charge in [0.1, 0.15) is 5.82 Å². The molecule has 0 aliphatic carbocycles. The normalized spacial score (nSPS) is 10.7. The molecule has 134 valence electrons. The first-order chi connectivity index (χ1) is 12.6. The summed E-state index contributed by atoms with van der Waals surface area (Å²) in [5.41, 5.74) is 2.89. The molecule has 0 aliphatic rings. The number of halogens is 1. The van der Waals surface area contributed by atoms with Crippen molar-refractivity contribution in [3.63, 3.8) is 0 Å². The molecule has 1 N–H and O–H groups in total. The van der Waals surface area contributed by atoms with Gasteiger partial charge in [0, 0.05) is 23.7 Å². The highest BCUT2D eigenvalue weighted by atomic mass is 32.2. The minimum atomic E-state index is -0.200. The zero-order chi connectivity index (χ0) is 18.4. The molecule has 3 rings (SSSR count). The molecule has 0 fully saturated rings. The number of hydrogen-bond donors (Lipinski definition) is 1. The number of carbonyl (C=O) groups excluding carboxylic acids is 1. The molecule has 0 atom stereocenters. The zero-order valence-corrected chi connectivity index (χ0v) is 15.3. The van der Waals surface area contributed by atoms with Gasteiger partial charge in [0.05, 0.1) is 5.69 Å². The fourth-order valence-electron chi connectivity index (χ4n) is 2.54. The number of thioether (sulfide) groups is 1. The number of nitrogens with one attached hydrogen (secondary N) is 1. The van der Waals surface area contributed by atoms with Gasteiger partial charge in [0.15, 0.2) is 5.69 Å². The third kappa shape index (κ3) is 4.52. The lowest BCUT2D eigenvalue weighted by Gasteiger charge is -2.05. The molecular formula is C20H20FN3OS. The Hall–Kier alpha value is -2.60. The quantitative estimate of drug-likeness (QED) is 0.641. The summed E-state index contributed by atoms with van der Waals surface area (Å²) in [6.45, 7) is 2.43. The molecule has 1 aromatic heterocycles. The summed E-state index contributed by atoms with van der Waals surface area (Å²) in [4.78, 5) is 12.3. The van der Waals surface area contributed by atoms with Gasteiger partial charge in [0.25, 0.3) is 5.91 Å². The highest BCUT2D eigenvalue weighted by molar-refractivity contribution is 7.98. The Bertz CT molecular complexity index is 880. The number of amides is 1. The average Bonchev–Trinajstić information content (AvgIpc) is 3.05. The van der Waals surface area contributed by atoms with E-state index in [4.69, 9.17) is 0 Å². The molecule has 0 saturated heterocycles. The number of para-hydroxylation sites is 1. The first-order valence-corrected chi connectivity index (χ1v) is 9.52. The molecule has 1 amide bonds. The lowest BCUT2D eigenvalue weighted by atomic mass is 10.2. The Kier molecular flexibility index (Phi) is 6.07. The number of benzene rings is 2. The summed E-state index contributed by atoms with van der Waals surface area (Å²) in [6.07, 6.45) is 0. The van der Waals surface area contributed by atoms with Crippen LogP contribution in [0.3, 0.4) is 0 Å². The van der Waals surface area contributed by atoms with E-state index in [-0.39, 0.29) is 11.7 Å². The van der Waals surface area contributed by atoms with E-state index in [0.717, 1.165) is 11.4 Å². The van der Waals surface area contributed by atoms with Gasteiger partial charge in [-0.25, -0.2) is 9.07 Å². The van der Waals surface area contributed by atoms with Crippen molar-refractivity contribution in [1.82, 2.24) is 15.1 Å².